The Morgan fingerprint density at radius 2 is 2.06 bits per heavy atom. The van der Waals surface area contributed by atoms with Crippen molar-refractivity contribution in [1.82, 2.24) is 5.32 Å². The molecule has 0 bridgehead atoms. The first-order valence-electron chi connectivity index (χ1n) is 5.48. The molecule has 0 atom stereocenters. The summed E-state index contributed by atoms with van der Waals surface area (Å²) in [5.41, 5.74) is 0.776. The highest BCUT2D eigenvalue weighted by atomic mass is 79.9. The molecule has 0 aliphatic carbocycles. The molecule has 4 heteroatoms. The van der Waals surface area contributed by atoms with Crippen LogP contribution in [0.5, 0.6) is 5.75 Å². The Morgan fingerprint density at radius 1 is 1.41 bits per heavy atom. The first kappa shape index (κ1) is 14.0. The number of ether oxygens (including phenoxy) is 1. The molecule has 1 aromatic rings. The Hall–Kier alpha value is -1.03. The fourth-order valence-corrected chi connectivity index (χ4v) is 1.85. The van der Waals surface area contributed by atoms with Gasteiger partial charge < -0.3 is 10.1 Å². The molecule has 94 valence electrons. The third-order valence-corrected chi connectivity index (χ3v) is 2.50. The molecular formula is C13H18BrNO2. The number of hydrogen-bond donors (Lipinski definition) is 1. The smallest absolute Gasteiger partial charge is 0.258 e. The van der Waals surface area contributed by atoms with E-state index in [1.807, 2.05) is 45.9 Å². The van der Waals surface area contributed by atoms with Gasteiger partial charge in [0, 0.05) is 10.0 Å². The maximum Gasteiger partial charge on any atom is 0.258 e. The van der Waals surface area contributed by atoms with Crippen molar-refractivity contribution in [2.45, 2.75) is 33.2 Å². The standard InChI is InChI=1S/C13H18BrNO2/c1-9-7-10(14)5-6-11(9)17-8-12(16)15-13(2,3)4/h5-7H,8H2,1-4H3,(H,15,16). The normalized spacial score (nSPS) is 11.1. The van der Waals surface area contributed by atoms with Crippen LogP contribution in [0.25, 0.3) is 0 Å². The van der Waals surface area contributed by atoms with Crippen LogP contribution in [0.1, 0.15) is 26.3 Å². The lowest BCUT2D eigenvalue weighted by Gasteiger charge is -2.20. The predicted octanol–water partition coefficient (Wildman–Crippen LogP) is 3.05. The Labute approximate surface area is 111 Å². The predicted molar refractivity (Wildman–Crippen MR) is 72.3 cm³/mol. The van der Waals surface area contributed by atoms with E-state index in [1.54, 1.807) is 0 Å². The summed E-state index contributed by atoms with van der Waals surface area (Å²) in [7, 11) is 0. The maximum atomic E-state index is 11.6. The van der Waals surface area contributed by atoms with Crippen LogP contribution in [0, 0.1) is 6.92 Å². The van der Waals surface area contributed by atoms with Gasteiger partial charge in [0.25, 0.3) is 5.91 Å². The van der Waals surface area contributed by atoms with Gasteiger partial charge >= 0.3 is 0 Å². The summed E-state index contributed by atoms with van der Waals surface area (Å²) in [6.45, 7) is 7.81. The van der Waals surface area contributed by atoms with E-state index >= 15 is 0 Å². The highest BCUT2D eigenvalue weighted by Gasteiger charge is 2.14. The Kier molecular flexibility index (Phi) is 4.57. The van der Waals surface area contributed by atoms with Crippen molar-refractivity contribution in [1.29, 1.82) is 0 Å². The second kappa shape index (κ2) is 5.54. The van der Waals surface area contributed by atoms with E-state index in [0.29, 0.717) is 0 Å². The van der Waals surface area contributed by atoms with Gasteiger partial charge in [0.1, 0.15) is 5.75 Å². The molecule has 1 aromatic carbocycles. The lowest BCUT2D eigenvalue weighted by Crippen LogP contribution is -2.43. The summed E-state index contributed by atoms with van der Waals surface area (Å²) in [6, 6.07) is 5.70. The summed E-state index contributed by atoms with van der Waals surface area (Å²) in [4.78, 5) is 11.6. The molecule has 0 saturated heterocycles. The van der Waals surface area contributed by atoms with Gasteiger partial charge in [-0.15, -0.1) is 0 Å². The number of aryl methyl sites for hydroxylation is 1. The Morgan fingerprint density at radius 3 is 2.59 bits per heavy atom. The van der Waals surface area contributed by atoms with Crippen LogP contribution in [0.2, 0.25) is 0 Å². The zero-order valence-electron chi connectivity index (χ0n) is 10.6. The molecule has 3 nitrogen and oxygen atoms in total. The topological polar surface area (TPSA) is 38.3 Å². The third kappa shape index (κ3) is 5.22. The molecule has 0 fully saturated rings. The lowest BCUT2D eigenvalue weighted by atomic mass is 10.1. The lowest BCUT2D eigenvalue weighted by molar-refractivity contribution is -0.124. The third-order valence-electron chi connectivity index (χ3n) is 2.01. The van der Waals surface area contributed by atoms with Crippen LogP contribution in [-0.2, 0) is 4.79 Å². The fraction of sp³-hybridized carbons (Fsp3) is 0.462. The molecule has 0 radical (unpaired) electrons. The van der Waals surface area contributed by atoms with Crippen molar-refractivity contribution in [3.63, 3.8) is 0 Å². The van der Waals surface area contributed by atoms with Crippen LogP contribution < -0.4 is 10.1 Å². The first-order chi connectivity index (χ1) is 7.78. The van der Waals surface area contributed by atoms with E-state index in [1.165, 1.54) is 0 Å². The minimum absolute atomic E-state index is 0.0414. The zero-order valence-corrected chi connectivity index (χ0v) is 12.2. The van der Waals surface area contributed by atoms with Crippen LogP contribution in [-0.4, -0.2) is 18.1 Å². The molecule has 1 N–H and O–H groups in total. The molecule has 0 saturated carbocycles. The second-order valence-electron chi connectivity index (χ2n) is 5.00. The van der Waals surface area contributed by atoms with Gasteiger partial charge in [-0.2, -0.15) is 0 Å². The number of carbonyl (C=O) groups excluding carboxylic acids is 1. The van der Waals surface area contributed by atoms with Crippen molar-refractivity contribution in [3.8, 4) is 5.75 Å². The van der Waals surface area contributed by atoms with Crippen molar-refractivity contribution < 1.29 is 9.53 Å². The summed E-state index contributed by atoms with van der Waals surface area (Å²) in [5.74, 6) is 0.622. The van der Waals surface area contributed by atoms with E-state index in [0.717, 1.165) is 15.8 Å². The van der Waals surface area contributed by atoms with Crippen molar-refractivity contribution in [2.24, 2.45) is 0 Å². The summed E-state index contributed by atoms with van der Waals surface area (Å²) >= 11 is 3.38. The van der Waals surface area contributed by atoms with Gasteiger partial charge in [-0.1, -0.05) is 15.9 Å². The average molecular weight is 300 g/mol. The molecule has 0 spiro atoms. The number of halogens is 1. The maximum absolute atomic E-state index is 11.6. The molecule has 0 heterocycles. The fourth-order valence-electron chi connectivity index (χ4n) is 1.37. The summed E-state index contributed by atoms with van der Waals surface area (Å²) < 4.78 is 6.47. The van der Waals surface area contributed by atoms with Crippen LogP contribution in [0.4, 0.5) is 0 Å². The zero-order chi connectivity index (χ0) is 13.1. The van der Waals surface area contributed by atoms with E-state index in [2.05, 4.69) is 21.2 Å². The highest BCUT2D eigenvalue weighted by Crippen LogP contribution is 2.21. The number of amides is 1. The summed E-state index contributed by atoms with van der Waals surface area (Å²) in [5, 5.41) is 2.85. The van der Waals surface area contributed by atoms with Gasteiger partial charge in [-0.05, 0) is 51.5 Å². The number of benzene rings is 1. The van der Waals surface area contributed by atoms with Gasteiger partial charge in [0.05, 0.1) is 0 Å². The van der Waals surface area contributed by atoms with Gasteiger partial charge in [0.15, 0.2) is 6.61 Å². The number of rotatable bonds is 3. The van der Waals surface area contributed by atoms with E-state index in [4.69, 9.17) is 4.74 Å². The molecule has 17 heavy (non-hydrogen) atoms. The SMILES string of the molecule is Cc1cc(Br)ccc1OCC(=O)NC(C)(C)C. The van der Waals surface area contributed by atoms with Gasteiger partial charge in [-0.3, -0.25) is 4.79 Å². The second-order valence-corrected chi connectivity index (χ2v) is 5.91. The number of nitrogens with one attached hydrogen (secondary N) is 1. The monoisotopic (exact) mass is 299 g/mol. The number of hydrogen-bond acceptors (Lipinski definition) is 2. The molecule has 0 aliphatic rings. The largest absolute Gasteiger partial charge is 0.484 e. The first-order valence-corrected chi connectivity index (χ1v) is 6.27. The van der Waals surface area contributed by atoms with Crippen LogP contribution in [0.3, 0.4) is 0 Å². The van der Waals surface area contributed by atoms with Gasteiger partial charge in [0.2, 0.25) is 0 Å². The molecule has 0 aromatic heterocycles. The molecule has 1 rings (SSSR count). The van der Waals surface area contributed by atoms with E-state index < -0.39 is 0 Å². The molecule has 0 aliphatic heterocycles. The van der Waals surface area contributed by atoms with Crippen LogP contribution >= 0.6 is 15.9 Å². The van der Waals surface area contributed by atoms with Crippen molar-refractivity contribution >= 4 is 21.8 Å². The Bertz CT molecular complexity index is 410. The molecule has 1 amide bonds. The molecular weight excluding hydrogens is 282 g/mol. The highest BCUT2D eigenvalue weighted by molar-refractivity contribution is 9.10. The van der Waals surface area contributed by atoms with Gasteiger partial charge in [-0.25, -0.2) is 0 Å². The minimum atomic E-state index is -0.227. The summed E-state index contributed by atoms with van der Waals surface area (Å²) in [6.07, 6.45) is 0. The van der Waals surface area contributed by atoms with E-state index in [-0.39, 0.29) is 18.1 Å². The van der Waals surface area contributed by atoms with Crippen molar-refractivity contribution in [2.75, 3.05) is 6.61 Å². The number of carbonyl (C=O) groups is 1. The van der Waals surface area contributed by atoms with Crippen molar-refractivity contribution in [3.05, 3.63) is 28.2 Å². The van der Waals surface area contributed by atoms with Crippen LogP contribution in [0.15, 0.2) is 22.7 Å². The molecule has 0 unspecified atom stereocenters. The quantitative estimate of drug-likeness (QED) is 0.931. The minimum Gasteiger partial charge on any atom is -0.484 e. The Balaban J connectivity index is 2.53. The average Bonchev–Trinajstić information content (AvgIpc) is 2.13. The van der Waals surface area contributed by atoms with E-state index in [9.17, 15) is 4.79 Å².